The lowest BCUT2D eigenvalue weighted by molar-refractivity contribution is 0.0633. The molecular weight excluding hydrogens is 374 g/mol. The second-order valence-corrected chi connectivity index (χ2v) is 8.25. The van der Waals surface area contributed by atoms with Gasteiger partial charge in [0.15, 0.2) is 0 Å². The van der Waals surface area contributed by atoms with Crippen LogP contribution in [-0.2, 0) is 10.0 Å². The quantitative estimate of drug-likeness (QED) is 0.712. The minimum atomic E-state index is -3.94. The van der Waals surface area contributed by atoms with Gasteiger partial charge in [0.2, 0.25) is 0 Å². The van der Waals surface area contributed by atoms with E-state index in [-0.39, 0.29) is 4.90 Å². The van der Waals surface area contributed by atoms with Crippen LogP contribution in [0.25, 0.3) is 0 Å². The molecule has 0 saturated carbocycles. The zero-order valence-electron chi connectivity index (χ0n) is 15.2. The molecule has 4 rings (SSSR count). The van der Waals surface area contributed by atoms with E-state index < -0.39 is 22.1 Å². The van der Waals surface area contributed by atoms with E-state index in [1.54, 1.807) is 30.3 Å². The molecule has 1 unspecified atom stereocenters. The number of para-hydroxylation sites is 1. The van der Waals surface area contributed by atoms with Crippen LogP contribution < -0.4 is 10.1 Å². The summed E-state index contributed by atoms with van der Waals surface area (Å²) in [5, 5.41) is 4.39. The predicted molar refractivity (Wildman–Crippen MR) is 107 cm³/mol. The number of anilines is 1. The summed E-state index contributed by atoms with van der Waals surface area (Å²) in [7, 11) is -3.94. The molecule has 142 valence electrons. The summed E-state index contributed by atoms with van der Waals surface area (Å²) < 4.78 is 25.8. The molecule has 6 nitrogen and oxygen atoms in total. The summed E-state index contributed by atoms with van der Waals surface area (Å²) in [5.74, 6) is -0.418. The molecule has 28 heavy (non-hydrogen) atoms. The molecule has 0 fully saturated rings. The average molecular weight is 393 g/mol. The molecule has 1 amide bonds. The lowest BCUT2D eigenvalue weighted by Gasteiger charge is -2.37. The number of hydrogen-bond donors (Lipinski definition) is 2. The Hall–Kier alpha value is -3.16. The standard InChI is InChI=1S/C21H19N3O3S/c1-15-11-13-17(14-12-15)28(26,27)23-24-20(16-7-3-2-4-8-16)22-19-10-6-5-9-18(19)21(24)25/h2-14,20,22-23H,1H3. The molecule has 0 aromatic heterocycles. The Bertz CT molecular complexity index is 1110. The highest BCUT2D eigenvalue weighted by atomic mass is 32.2. The first-order valence-corrected chi connectivity index (χ1v) is 10.3. The van der Waals surface area contributed by atoms with Gasteiger partial charge in [-0.3, -0.25) is 4.79 Å². The van der Waals surface area contributed by atoms with Crippen LogP contribution in [0.5, 0.6) is 0 Å². The number of nitrogens with zero attached hydrogens (tertiary/aromatic N) is 1. The molecule has 1 atom stereocenters. The van der Waals surface area contributed by atoms with Gasteiger partial charge >= 0.3 is 0 Å². The third kappa shape index (κ3) is 3.37. The number of hydrogen-bond acceptors (Lipinski definition) is 4. The first-order chi connectivity index (χ1) is 13.5. The molecule has 7 heteroatoms. The van der Waals surface area contributed by atoms with Crippen molar-refractivity contribution >= 4 is 21.6 Å². The third-order valence-corrected chi connectivity index (χ3v) is 5.92. The Labute approximate surface area is 163 Å². The van der Waals surface area contributed by atoms with Crippen LogP contribution in [0.15, 0.2) is 83.8 Å². The molecule has 1 aliphatic rings. The van der Waals surface area contributed by atoms with Gasteiger partial charge < -0.3 is 5.32 Å². The van der Waals surface area contributed by atoms with Crippen LogP contribution in [0.1, 0.15) is 27.7 Å². The Morgan fingerprint density at radius 3 is 2.25 bits per heavy atom. The molecule has 3 aromatic carbocycles. The highest BCUT2D eigenvalue weighted by molar-refractivity contribution is 7.89. The monoisotopic (exact) mass is 393 g/mol. The van der Waals surface area contributed by atoms with Gasteiger partial charge in [-0.1, -0.05) is 60.2 Å². The first-order valence-electron chi connectivity index (χ1n) is 8.79. The van der Waals surface area contributed by atoms with E-state index in [0.29, 0.717) is 11.3 Å². The number of aryl methyl sites for hydroxylation is 1. The molecule has 0 saturated heterocycles. The van der Waals surface area contributed by atoms with E-state index in [2.05, 4.69) is 10.1 Å². The van der Waals surface area contributed by atoms with Crippen molar-refractivity contribution in [3.63, 3.8) is 0 Å². The minimum absolute atomic E-state index is 0.0940. The summed E-state index contributed by atoms with van der Waals surface area (Å²) in [6.07, 6.45) is -0.677. The first kappa shape index (κ1) is 18.2. The summed E-state index contributed by atoms with van der Waals surface area (Å²) in [5.41, 5.74) is 2.77. The van der Waals surface area contributed by atoms with Crippen molar-refractivity contribution in [1.82, 2.24) is 9.84 Å². The smallest absolute Gasteiger partial charge is 0.273 e. The molecule has 1 aliphatic heterocycles. The predicted octanol–water partition coefficient (Wildman–Crippen LogP) is 3.46. The Morgan fingerprint density at radius 2 is 1.54 bits per heavy atom. The lowest BCUT2D eigenvalue weighted by Crippen LogP contribution is -2.52. The van der Waals surface area contributed by atoms with Gasteiger partial charge in [-0.05, 0) is 36.8 Å². The SMILES string of the molecule is Cc1ccc(S(=O)(=O)NN2C(=O)c3ccccc3NC2c2ccccc2)cc1. The van der Waals surface area contributed by atoms with E-state index in [0.717, 1.165) is 16.1 Å². The van der Waals surface area contributed by atoms with Crippen molar-refractivity contribution < 1.29 is 13.2 Å². The van der Waals surface area contributed by atoms with E-state index in [1.165, 1.54) is 12.1 Å². The Balaban J connectivity index is 1.75. The van der Waals surface area contributed by atoms with E-state index in [9.17, 15) is 13.2 Å². The maximum absolute atomic E-state index is 13.1. The normalized spacial score (nSPS) is 16.4. The number of carbonyl (C=O) groups is 1. The van der Waals surface area contributed by atoms with Crippen molar-refractivity contribution in [2.75, 3.05) is 5.32 Å². The van der Waals surface area contributed by atoms with Gasteiger partial charge in [-0.2, -0.15) is 0 Å². The number of sulfonamides is 1. The highest BCUT2D eigenvalue weighted by Crippen LogP contribution is 2.32. The summed E-state index contributed by atoms with van der Waals surface area (Å²) in [4.78, 5) is 15.7. The summed E-state index contributed by atoms with van der Waals surface area (Å²) in [6, 6.07) is 22.7. The van der Waals surface area contributed by atoms with Crippen LogP contribution in [-0.4, -0.2) is 19.3 Å². The fourth-order valence-corrected chi connectivity index (χ4v) is 4.16. The lowest BCUT2D eigenvalue weighted by atomic mass is 10.1. The van der Waals surface area contributed by atoms with Crippen molar-refractivity contribution in [3.05, 3.63) is 95.6 Å². The number of rotatable bonds is 4. The largest absolute Gasteiger partial charge is 0.360 e. The average Bonchev–Trinajstić information content (AvgIpc) is 2.71. The Kier molecular flexibility index (Phi) is 4.62. The molecule has 0 bridgehead atoms. The van der Waals surface area contributed by atoms with Gasteiger partial charge in [0.25, 0.3) is 15.9 Å². The van der Waals surface area contributed by atoms with E-state index in [1.807, 2.05) is 43.3 Å². The van der Waals surface area contributed by atoms with Crippen LogP contribution >= 0.6 is 0 Å². The fraction of sp³-hybridized carbons (Fsp3) is 0.0952. The van der Waals surface area contributed by atoms with Crippen LogP contribution in [0.2, 0.25) is 0 Å². The zero-order valence-corrected chi connectivity index (χ0v) is 16.0. The van der Waals surface area contributed by atoms with Crippen LogP contribution in [0.4, 0.5) is 5.69 Å². The molecule has 0 aliphatic carbocycles. The molecular formula is C21H19N3O3S. The molecule has 3 aromatic rings. The van der Waals surface area contributed by atoms with Crippen molar-refractivity contribution in [2.45, 2.75) is 18.0 Å². The second kappa shape index (κ2) is 7.10. The van der Waals surface area contributed by atoms with E-state index >= 15 is 0 Å². The van der Waals surface area contributed by atoms with Crippen molar-refractivity contribution in [1.29, 1.82) is 0 Å². The second-order valence-electron chi connectivity index (χ2n) is 6.59. The number of carbonyl (C=O) groups excluding carboxylic acids is 1. The van der Waals surface area contributed by atoms with Gasteiger partial charge in [-0.25, -0.2) is 13.4 Å². The van der Waals surface area contributed by atoms with E-state index in [4.69, 9.17) is 0 Å². The number of benzene rings is 3. The van der Waals surface area contributed by atoms with Gasteiger partial charge in [0.05, 0.1) is 10.5 Å². The Morgan fingerprint density at radius 1 is 0.893 bits per heavy atom. The molecule has 2 N–H and O–H groups in total. The number of fused-ring (bicyclic) bond motifs is 1. The third-order valence-electron chi connectivity index (χ3n) is 4.59. The summed E-state index contributed by atoms with van der Waals surface area (Å²) >= 11 is 0. The van der Waals surface area contributed by atoms with Crippen molar-refractivity contribution in [2.24, 2.45) is 0 Å². The fourth-order valence-electron chi connectivity index (χ4n) is 3.12. The van der Waals surface area contributed by atoms with Crippen LogP contribution in [0.3, 0.4) is 0 Å². The van der Waals surface area contributed by atoms with Gasteiger partial charge in [0.1, 0.15) is 6.17 Å². The number of nitrogens with one attached hydrogen (secondary N) is 2. The van der Waals surface area contributed by atoms with Gasteiger partial charge in [-0.15, -0.1) is 4.83 Å². The van der Waals surface area contributed by atoms with Crippen molar-refractivity contribution in [3.8, 4) is 0 Å². The maximum Gasteiger partial charge on any atom is 0.273 e. The zero-order chi connectivity index (χ0) is 19.7. The summed E-state index contributed by atoms with van der Waals surface area (Å²) in [6.45, 7) is 1.88. The molecule has 1 heterocycles. The van der Waals surface area contributed by atoms with Crippen LogP contribution in [0, 0.1) is 6.92 Å². The topological polar surface area (TPSA) is 78.5 Å². The maximum atomic E-state index is 13.1. The van der Waals surface area contributed by atoms with Gasteiger partial charge in [0, 0.05) is 5.69 Å². The minimum Gasteiger partial charge on any atom is -0.360 e. The number of hydrazine groups is 1. The number of amides is 1. The molecule has 0 radical (unpaired) electrons. The highest BCUT2D eigenvalue weighted by Gasteiger charge is 2.35. The molecule has 0 spiro atoms.